The van der Waals surface area contributed by atoms with Crippen LogP contribution in [0.4, 0.5) is 25.0 Å². The van der Waals surface area contributed by atoms with Gasteiger partial charge in [0.25, 0.3) is 0 Å². The molecule has 0 unspecified atom stereocenters. The lowest BCUT2D eigenvalue weighted by atomic mass is 10.0. The Hall–Kier alpha value is -3.63. The molecular weight excluding hydrogens is 406 g/mol. The Bertz CT molecular complexity index is 973. The molecule has 2 rings (SSSR count). The smallest absolute Gasteiger partial charge is 0.394 e. The molecule has 0 saturated heterocycles. The fourth-order valence-corrected chi connectivity index (χ4v) is 3.05. The maximum absolute atomic E-state index is 14.2. The predicted octanol–water partition coefficient (Wildman–Crippen LogP) is 5.10. The van der Waals surface area contributed by atoms with Crippen molar-refractivity contribution in [2.45, 2.75) is 40.5 Å². The van der Waals surface area contributed by atoms with Gasteiger partial charge in [-0.3, -0.25) is 20.2 Å². The number of hydrogen-bond donors (Lipinski definition) is 0. The highest BCUT2D eigenvalue weighted by atomic mass is 19.1. The highest BCUT2D eigenvalue weighted by Gasteiger charge is 2.27. The summed E-state index contributed by atoms with van der Waals surface area (Å²) in [5.74, 6) is -2.65. The second kappa shape index (κ2) is 8.80. The number of halogens is 2. The first kappa shape index (κ1) is 22.7. The molecule has 11 heteroatoms. The molecule has 0 heterocycles. The first-order valence-electron chi connectivity index (χ1n) is 8.85. The van der Waals surface area contributed by atoms with Gasteiger partial charge in [-0.25, -0.2) is 4.79 Å². The Balaban J connectivity index is 2.44. The summed E-state index contributed by atoms with van der Waals surface area (Å²) in [7, 11) is 0. The molecule has 2 aromatic carbocycles. The minimum absolute atomic E-state index is 0.00568. The molecule has 0 atom stereocenters. The lowest BCUT2D eigenvalue weighted by molar-refractivity contribution is -0.387. The average molecular weight is 424 g/mol. The zero-order chi connectivity index (χ0) is 22.7. The van der Waals surface area contributed by atoms with E-state index in [4.69, 9.17) is 9.47 Å². The molecule has 2 aromatic rings. The van der Waals surface area contributed by atoms with Gasteiger partial charge in [0.15, 0.2) is 0 Å². The van der Waals surface area contributed by atoms with Crippen LogP contribution in [0.15, 0.2) is 12.1 Å². The Kier molecular flexibility index (Phi) is 6.65. The molecule has 0 aromatic heterocycles. The molecule has 0 radical (unpaired) electrons. The maximum Gasteiger partial charge on any atom is 0.519 e. The van der Waals surface area contributed by atoms with Crippen LogP contribution in [0.2, 0.25) is 0 Å². The van der Waals surface area contributed by atoms with Gasteiger partial charge in [0.2, 0.25) is 11.6 Å². The number of nitrogens with zero attached hydrogens (tertiary/aromatic N) is 2. The van der Waals surface area contributed by atoms with Crippen molar-refractivity contribution in [1.82, 2.24) is 0 Å². The lowest BCUT2D eigenvalue weighted by Gasteiger charge is -2.14. The van der Waals surface area contributed by atoms with Gasteiger partial charge in [-0.15, -0.1) is 0 Å². The van der Waals surface area contributed by atoms with Crippen molar-refractivity contribution in [3.8, 4) is 11.5 Å². The highest BCUT2D eigenvalue weighted by Crippen LogP contribution is 2.34. The van der Waals surface area contributed by atoms with Gasteiger partial charge in [-0.2, -0.15) is 8.78 Å². The van der Waals surface area contributed by atoms with Gasteiger partial charge >= 0.3 is 17.5 Å². The molecule has 0 amide bonds. The van der Waals surface area contributed by atoms with E-state index >= 15 is 0 Å². The quantitative estimate of drug-likeness (QED) is 0.274. The third-order valence-corrected chi connectivity index (χ3v) is 4.65. The van der Waals surface area contributed by atoms with Crippen LogP contribution in [-0.2, 0) is 12.8 Å². The van der Waals surface area contributed by atoms with E-state index in [9.17, 15) is 33.8 Å². The second-order valence-corrected chi connectivity index (χ2v) is 6.30. The summed E-state index contributed by atoms with van der Waals surface area (Å²) in [5.41, 5.74) is -1.44. The van der Waals surface area contributed by atoms with Crippen LogP contribution in [0.1, 0.15) is 36.1 Å². The molecule has 0 fully saturated rings. The molecule has 30 heavy (non-hydrogen) atoms. The van der Waals surface area contributed by atoms with Crippen molar-refractivity contribution in [3.05, 3.63) is 66.2 Å². The number of nitro benzene ring substituents is 2. The maximum atomic E-state index is 14.2. The third-order valence-electron chi connectivity index (χ3n) is 4.65. The Morgan fingerprint density at radius 3 is 1.47 bits per heavy atom. The van der Waals surface area contributed by atoms with Crippen LogP contribution in [-0.4, -0.2) is 16.0 Å². The van der Waals surface area contributed by atoms with Crippen LogP contribution < -0.4 is 9.47 Å². The van der Waals surface area contributed by atoms with Crippen LogP contribution in [0.25, 0.3) is 0 Å². The average Bonchev–Trinajstić information content (AvgIpc) is 2.66. The SMILES string of the molecule is CCc1c(C)c(OC(=O)Oc2cc([N+](=O)[O-])c(F)c(CC)c2C)cc([N+](=O)[O-])c1F. The first-order chi connectivity index (χ1) is 14.0. The number of carbonyl (C=O) groups excluding carboxylic acids is 1. The summed E-state index contributed by atoms with van der Waals surface area (Å²) in [6.07, 6.45) is -1.16. The van der Waals surface area contributed by atoms with Gasteiger partial charge < -0.3 is 9.47 Å². The van der Waals surface area contributed by atoms with Crippen molar-refractivity contribution in [2.24, 2.45) is 0 Å². The summed E-state index contributed by atoms with van der Waals surface area (Å²) in [4.78, 5) is 32.5. The fraction of sp³-hybridized carbons (Fsp3) is 0.316. The molecular formula is C19H18F2N2O7. The van der Waals surface area contributed by atoms with Crippen molar-refractivity contribution >= 4 is 17.5 Å². The minimum Gasteiger partial charge on any atom is -0.394 e. The zero-order valence-electron chi connectivity index (χ0n) is 16.6. The normalized spacial score (nSPS) is 10.6. The Labute approximate surface area is 169 Å². The van der Waals surface area contributed by atoms with Gasteiger partial charge in [0, 0.05) is 11.1 Å². The standard InChI is InChI=1S/C19H18F2N2O7/c1-5-11-9(3)15(7-13(17(11)20)22(25)26)29-19(24)30-16-8-14(23(27)28)18(21)12(6-2)10(16)4/h7-8H,5-6H2,1-4H3. The molecule has 0 aliphatic carbocycles. The molecule has 0 aliphatic rings. The Morgan fingerprint density at radius 2 is 1.20 bits per heavy atom. The molecule has 160 valence electrons. The summed E-state index contributed by atoms with van der Waals surface area (Å²) in [5, 5.41) is 22.1. The topological polar surface area (TPSA) is 122 Å². The lowest BCUT2D eigenvalue weighted by Crippen LogP contribution is -2.17. The summed E-state index contributed by atoms with van der Waals surface area (Å²) in [6, 6.07) is 1.51. The molecule has 0 bridgehead atoms. The first-order valence-corrected chi connectivity index (χ1v) is 8.85. The van der Waals surface area contributed by atoms with Crippen LogP contribution in [0.5, 0.6) is 11.5 Å². The number of carbonyl (C=O) groups is 1. The van der Waals surface area contributed by atoms with Crippen LogP contribution in [0.3, 0.4) is 0 Å². The van der Waals surface area contributed by atoms with Crippen LogP contribution in [0, 0.1) is 45.7 Å². The predicted molar refractivity (Wildman–Crippen MR) is 101 cm³/mol. The van der Waals surface area contributed by atoms with Crippen molar-refractivity contribution in [2.75, 3.05) is 0 Å². The number of ether oxygens (including phenoxy) is 2. The van der Waals surface area contributed by atoms with E-state index in [-0.39, 0.29) is 46.6 Å². The minimum atomic E-state index is -1.37. The molecule has 0 aliphatic heterocycles. The summed E-state index contributed by atoms with van der Waals surface area (Å²) >= 11 is 0. The summed E-state index contributed by atoms with van der Waals surface area (Å²) in [6.45, 7) is 5.98. The fourth-order valence-electron chi connectivity index (χ4n) is 3.05. The van der Waals surface area contributed by atoms with E-state index in [1.165, 1.54) is 13.8 Å². The van der Waals surface area contributed by atoms with Crippen molar-refractivity contribution in [3.63, 3.8) is 0 Å². The molecule has 0 N–H and O–H groups in total. The molecule has 9 nitrogen and oxygen atoms in total. The van der Waals surface area contributed by atoms with Crippen LogP contribution >= 0.6 is 0 Å². The second-order valence-electron chi connectivity index (χ2n) is 6.30. The number of benzene rings is 2. The van der Waals surface area contributed by atoms with Crippen molar-refractivity contribution < 1.29 is 32.9 Å². The number of nitro groups is 2. The van der Waals surface area contributed by atoms with E-state index in [0.29, 0.717) is 0 Å². The number of hydrogen-bond acceptors (Lipinski definition) is 7. The third kappa shape index (κ3) is 4.19. The molecule has 0 saturated carbocycles. The molecule has 0 spiro atoms. The number of rotatable bonds is 6. The van der Waals surface area contributed by atoms with Gasteiger partial charge in [0.1, 0.15) is 11.5 Å². The Morgan fingerprint density at radius 1 is 0.867 bits per heavy atom. The van der Waals surface area contributed by atoms with Gasteiger partial charge in [-0.1, -0.05) is 13.8 Å². The van der Waals surface area contributed by atoms with Gasteiger partial charge in [-0.05, 0) is 37.8 Å². The van der Waals surface area contributed by atoms with E-state index < -0.39 is 39.0 Å². The van der Waals surface area contributed by atoms with E-state index in [2.05, 4.69) is 0 Å². The monoisotopic (exact) mass is 424 g/mol. The highest BCUT2D eigenvalue weighted by molar-refractivity contribution is 5.70. The van der Waals surface area contributed by atoms with E-state index in [1.54, 1.807) is 13.8 Å². The van der Waals surface area contributed by atoms with E-state index in [1.807, 2.05) is 0 Å². The largest absolute Gasteiger partial charge is 0.519 e. The van der Waals surface area contributed by atoms with Gasteiger partial charge in [0.05, 0.1) is 22.0 Å². The van der Waals surface area contributed by atoms with E-state index in [0.717, 1.165) is 12.1 Å². The van der Waals surface area contributed by atoms with Crippen molar-refractivity contribution in [1.29, 1.82) is 0 Å². The zero-order valence-corrected chi connectivity index (χ0v) is 16.6. The summed E-state index contributed by atoms with van der Waals surface area (Å²) < 4.78 is 38.5.